The van der Waals surface area contributed by atoms with Gasteiger partial charge in [-0.2, -0.15) is 0 Å². The predicted molar refractivity (Wildman–Crippen MR) is 63.1 cm³/mol. The van der Waals surface area contributed by atoms with Gasteiger partial charge in [0, 0.05) is 12.0 Å². The Morgan fingerprint density at radius 2 is 2.07 bits per heavy atom. The molecule has 3 nitrogen and oxygen atoms in total. The second-order valence-electron chi connectivity index (χ2n) is 4.55. The minimum Gasteiger partial charge on any atom is -0.311 e. The van der Waals surface area contributed by atoms with Crippen molar-refractivity contribution in [1.82, 2.24) is 15.5 Å². The van der Waals surface area contributed by atoms with E-state index >= 15 is 0 Å². The first kappa shape index (κ1) is 11.0. The van der Waals surface area contributed by atoms with Crippen molar-refractivity contribution in [3.05, 3.63) is 10.0 Å². The highest BCUT2D eigenvalue weighted by atomic mass is 32.1. The molecule has 15 heavy (non-hydrogen) atoms. The minimum atomic E-state index is 0.322. The van der Waals surface area contributed by atoms with Gasteiger partial charge in [0.05, 0.1) is 0 Å². The lowest BCUT2D eigenvalue weighted by molar-refractivity contribution is 0.483. The van der Waals surface area contributed by atoms with Gasteiger partial charge in [0.25, 0.3) is 0 Å². The lowest BCUT2D eigenvalue weighted by Gasteiger charge is -2.18. The molecule has 1 N–H and O–H groups in total. The standard InChI is InChI=1S/C11H19N3S/c1-3-12-8-9-13-14-10(15-9)11(2)6-4-5-7-11/h12H,3-8H2,1-2H3. The van der Waals surface area contributed by atoms with Crippen molar-refractivity contribution in [1.29, 1.82) is 0 Å². The Hall–Kier alpha value is -0.480. The van der Waals surface area contributed by atoms with Crippen LogP contribution in [0.5, 0.6) is 0 Å². The lowest BCUT2D eigenvalue weighted by atomic mass is 9.90. The Morgan fingerprint density at radius 1 is 1.33 bits per heavy atom. The second-order valence-corrected chi connectivity index (χ2v) is 5.61. The molecular weight excluding hydrogens is 206 g/mol. The summed E-state index contributed by atoms with van der Waals surface area (Å²) in [5, 5.41) is 14.3. The van der Waals surface area contributed by atoms with Crippen LogP contribution < -0.4 is 5.32 Å². The first-order valence-electron chi connectivity index (χ1n) is 5.78. The van der Waals surface area contributed by atoms with Crippen LogP contribution in [-0.4, -0.2) is 16.7 Å². The van der Waals surface area contributed by atoms with Crippen molar-refractivity contribution in [3.8, 4) is 0 Å². The summed E-state index contributed by atoms with van der Waals surface area (Å²) >= 11 is 1.78. The molecule has 0 saturated heterocycles. The molecule has 0 unspecified atom stereocenters. The number of aromatic nitrogens is 2. The molecule has 1 aliphatic rings. The third-order valence-corrected chi connectivity index (χ3v) is 4.45. The third kappa shape index (κ3) is 2.37. The molecule has 4 heteroatoms. The van der Waals surface area contributed by atoms with Crippen molar-refractivity contribution in [2.45, 2.75) is 51.5 Å². The van der Waals surface area contributed by atoms with Gasteiger partial charge in [-0.3, -0.25) is 0 Å². The molecular formula is C11H19N3S. The number of rotatable bonds is 4. The quantitative estimate of drug-likeness (QED) is 0.855. The maximum absolute atomic E-state index is 4.35. The minimum absolute atomic E-state index is 0.322. The molecule has 1 saturated carbocycles. The number of hydrogen-bond donors (Lipinski definition) is 1. The first-order valence-corrected chi connectivity index (χ1v) is 6.60. The molecule has 1 heterocycles. The summed E-state index contributed by atoms with van der Waals surface area (Å²) in [6, 6.07) is 0. The second kappa shape index (κ2) is 4.58. The maximum atomic E-state index is 4.35. The van der Waals surface area contributed by atoms with Crippen molar-refractivity contribution in [2.75, 3.05) is 6.54 Å². The molecule has 84 valence electrons. The van der Waals surface area contributed by atoms with Crippen LogP contribution in [-0.2, 0) is 12.0 Å². The molecule has 1 aromatic rings. The van der Waals surface area contributed by atoms with Gasteiger partial charge in [-0.1, -0.05) is 38.0 Å². The molecule has 1 aromatic heterocycles. The van der Waals surface area contributed by atoms with Crippen molar-refractivity contribution >= 4 is 11.3 Å². The van der Waals surface area contributed by atoms with Crippen molar-refractivity contribution < 1.29 is 0 Å². The normalized spacial score (nSPS) is 19.6. The Bertz CT molecular complexity index is 315. The molecule has 1 aliphatic carbocycles. The molecule has 1 fully saturated rings. The fourth-order valence-electron chi connectivity index (χ4n) is 2.17. The number of hydrogen-bond acceptors (Lipinski definition) is 4. The highest BCUT2D eigenvalue weighted by Crippen LogP contribution is 2.41. The third-order valence-electron chi connectivity index (χ3n) is 3.22. The SMILES string of the molecule is CCNCc1nnc(C2(C)CCCC2)s1. The van der Waals surface area contributed by atoms with Crippen LogP contribution in [0.25, 0.3) is 0 Å². The molecule has 0 atom stereocenters. The van der Waals surface area contributed by atoms with Crippen LogP contribution in [0.2, 0.25) is 0 Å². The van der Waals surface area contributed by atoms with E-state index in [2.05, 4.69) is 29.4 Å². The topological polar surface area (TPSA) is 37.8 Å². The zero-order valence-electron chi connectivity index (χ0n) is 9.55. The van der Waals surface area contributed by atoms with E-state index in [-0.39, 0.29) is 0 Å². The highest BCUT2D eigenvalue weighted by Gasteiger charge is 2.33. The maximum Gasteiger partial charge on any atom is 0.131 e. The van der Waals surface area contributed by atoms with Crippen LogP contribution in [0.4, 0.5) is 0 Å². The van der Waals surface area contributed by atoms with Gasteiger partial charge in [-0.25, -0.2) is 0 Å². The summed E-state index contributed by atoms with van der Waals surface area (Å²) in [7, 11) is 0. The average molecular weight is 225 g/mol. The van der Waals surface area contributed by atoms with Crippen LogP contribution in [0.3, 0.4) is 0 Å². The zero-order valence-corrected chi connectivity index (χ0v) is 10.4. The monoisotopic (exact) mass is 225 g/mol. The van der Waals surface area contributed by atoms with Crippen LogP contribution in [0, 0.1) is 0 Å². The van der Waals surface area contributed by atoms with Gasteiger partial charge in [-0.15, -0.1) is 10.2 Å². The molecule has 0 amide bonds. The van der Waals surface area contributed by atoms with Gasteiger partial charge in [0.15, 0.2) is 0 Å². The Balaban J connectivity index is 2.05. The smallest absolute Gasteiger partial charge is 0.131 e. The first-order chi connectivity index (χ1) is 7.24. The predicted octanol–water partition coefficient (Wildman–Crippen LogP) is 2.48. The van der Waals surface area contributed by atoms with E-state index in [0.29, 0.717) is 5.41 Å². The van der Waals surface area contributed by atoms with Gasteiger partial charge in [0.1, 0.15) is 10.0 Å². The summed E-state index contributed by atoms with van der Waals surface area (Å²) in [6.07, 6.45) is 5.25. The van der Waals surface area contributed by atoms with E-state index in [1.165, 1.54) is 30.7 Å². The van der Waals surface area contributed by atoms with E-state index < -0.39 is 0 Å². The Kier molecular flexibility index (Phi) is 3.36. The number of nitrogens with zero attached hydrogens (tertiary/aromatic N) is 2. The van der Waals surface area contributed by atoms with Crippen LogP contribution in [0.1, 0.15) is 49.5 Å². The summed E-state index contributed by atoms with van der Waals surface area (Å²) in [6.45, 7) is 6.30. The van der Waals surface area contributed by atoms with E-state index in [4.69, 9.17) is 0 Å². The highest BCUT2D eigenvalue weighted by molar-refractivity contribution is 7.11. The Labute approximate surface area is 95.3 Å². The number of nitrogens with one attached hydrogen (secondary N) is 1. The van der Waals surface area contributed by atoms with Gasteiger partial charge < -0.3 is 5.32 Å². The zero-order chi connectivity index (χ0) is 10.7. The molecule has 2 rings (SSSR count). The van der Waals surface area contributed by atoms with Crippen molar-refractivity contribution in [3.63, 3.8) is 0 Å². The summed E-state index contributed by atoms with van der Waals surface area (Å²) in [5.74, 6) is 0. The Morgan fingerprint density at radius 3 is 2.73 bits per heavy atom. The fraction of sp³-hybridized carbons (Fsp3) is 0.818. The van der Waals surface area contributed by atoms with Crippen LogP contribution in [0.15, 0.2) is 0 Å². The summed E-state index contributed by atoms with van der Waals surface area (Å²) < 4.78 is 0. The fourth-order valence-corrected chi connectivity index (χ4v) is 3.18. The van der Waals surface area contributed by atoms with Gasteiger partial charge >= 0.3 is 0 Å². The van der Waals surface area contributed by atoms with E-state index in [1.54, 1.807) is 11.3 Å². The van der Waals surface area contributed by atoms with E-state index in [1.807, 2.05) is 0 Å². The average Bonchev–Trinajstić information content (AvgIpc) is 2.84. The molecule has 0 bridgehead atoms. The van der Waals surface area contributed by atoms with Gasteiger partial charge in [0.2, 0.25) is 0 Å². The van der Waals surface area contributed by atoms with E-state index in [0.717, 1.165) is 18.1 Å². The molecule has 0 radical (unpaired) electrons. The van der Waals surface area contributed by atoms with Crippen LogP contribution >= 0.6 is 11.3 Å². The largest absolute Gasteiger partial charge is 0.311 e. The van der Waals surface area contributed by atoms with Gasteiger partial charge in [-0.05, 0) is 19.4 Å². The summed E-state index contributed by atoms with van der Waals surface area (Å²) in [5.41, 5.74) is 0.322. The molecule has 0 aromatic carbocycles. The molecule has 0 spiro atoms. The summed E-state index contributed by atoms with van der Waals surface area (Å²) in [4.78, 5) is 0. The van der Waals surface area contributed by atoms with Crippen molar-refractivity contribution in [2.24, 2.45) is 0 Å². The lowest BCUT2D eigenvalue weighted by Crippen LogP contribution is -2.16. The van der Waals surface area contributed by atoms with E-state index in [9.17, 15) is 0 Å². The molecule has 0 aliphatic heterocycles.